The second-order valence-electron chi connectivity index (χ2n) is 5.14. The van der Waals surface area contributed by atoms with Crippen molar-refractivity contribution in [2.24, 2.45) is 0 Å². The van der Waals surface area contributed by atoms with Gasteiger partial charge in [0.1, 0.15) is 5.82 Å². The summed E-state index contributed by atoms with van der Waals surface area (Å²) in [6.07, 6.45) is 0.207. The van der Waals surface area contributed by atoms with Crippen LogP contribution in [0.1, 0.15) is 12.0 Å². The minimum absolute atomic E-state index is 0.207. The Bertz CT molecular complexity index is 756. The maximum atomic E-state index is 12.8. The third-order valence-corrected chi connectivity index (χ3v) is 4.58. The van der Waals surface area contributed by atoms with E-state index in [2.05, 4.69) is 16.2 Å². The first-order valence-corrected chi connectivity index (χ1v) is 8.81. The van der Waals surface area contributed by atoms with Crippen LogP contribution in [0.5, 0.6) is 0 Å². The summed E-state index contributed by atoms with van der Waals surface area (Å²) in [4.78, 5) is 24.3. The molecule has 3 N–H and O–H groups in total. The van der Waals surface area contributed by atoms with Crippen molar-refractivity contribution in [3.8, 4) is 0 Å². The van der Waals surface area contributed by atoms with E-state index >= 15 is 0 Å². The van der Waals surface area contributed by atoms with E-state index in [1.807, 2.05) is 6.92 Å². The van der Waals surface area contributed by atoms with Crippen LogP contribution >= 0.6 is 23.4 Å². The number of hydrazine groups is 1. The highest BCUT2D eigenvalue weighted by molar-refractivity contribution is 7.99. The van der Waals surface area contributed by atoms with Gasteiger partial charge in [0.15, 0.2) is 0 Å². The second kappa shape index (κ2) is 9.29. The molecule has 0 radical (unpaired) electrons. The van der Waals surface area contributed by atoms with Crippen molar-refractivity contribution in [1.82, 2.24) is 10.9 Å². The zero-order valence-corrected chi connectivity index (χ0v) is 15.0. The van der Waals surface area contributed by atoms with Crippen molar-refractivity contribution in [2.75, 3.05) is 11.1 Å². The maximum Gasteiger partial charge on any atom is 0.337 e. The fraction of sp³-hybridized carbons (Fsp3) is 0.176. The highest BCUT2D eigenvalue weighted by Gasteiger charge is 2.06. The number of hydrogen-bond acceptors (Lipinski definition) is 3. The van der Waals surface area contributed by atoms with Crippen LogP contribution in [0.2, 0.25) is 5.02 Å². The Kier molecular flexibility index (Phi) is 7.09. The molecule has 2 rings (SSSR count). The summed E-state index contributed by atoms with van der Waals surface area (Å²) in [5, 5.41) is 3.10. The number of aryl methyl sites for hydroxylation is 1. The smallest absolute Gasteiger partial charge is 0.307 e. The first kappa shape index (κ1) is 19.1. The molecule has 2 aromatic rings. The molecule has 132 valence electrons. The molecule has 0 aliphatic carbocycles. The zero-order chi connectivity index (χ0) is 18.2. The molecule has 25 heavy (non-hydrogen) atoms. The highest BCUT2D eigenvalue weighted by Crippen LogP contribution is 2.20. The first-order valence-electron chi connectivity index (χ1n) is 7.44. The average molecular weight is 382 g/mol. The number of anilines is 1. The predicted molar refractivity (Wildman–Crippen MR) is 98.2 cm³/mol. The third kappa shape index (κ3) is 6.64. The quantitative estimate of drug-likeness (QED) is 0.539. The molecule has 5 nitrogen and oxygen atoms in total. The van der Waals surface area contributed by atoms with Crippen molar-refractivity contribution >= 4 is 41.0 Å². The van der Waals surface area contributed by atoms with Gasteiger partial charge in [-0.3, -0.25) is 10.2 Å². The topological polar surface area (TPSA) is 70.2 Å². The maximum absolute atomic E-state index is 12.8. The number of nitrogens with one attached hydrogen (secondary N) is 3. The molecule has 0 spiro atoms. The Hall–Kier alpha value is -2.25. The van der Waals surface area contributed by atoms with Gasteiger partial charge in [-0.2, -0.15) is 0 Å². The summed E-state index contributed by atoms with van der Waals surface area (Å²) in [5.74, 6) is -0.118. The van der Waals surface area contributed by atoms with Gasteiger partial charge < -0.3 is 5.32 Å². The summed E-state index contributed by atoms with van der Waals surface area (Å²) in [5.41, 5.74) is 6.01. The Morgan fingerprint density at radius 1 is 1.12 bits per heavy atom. The Balaban J connectivity index is 1.67. The second-order valence-corrected chi connectivity index (χ2v) is 6.72. The van der Waals surface area contributed by atoms with Crippen LogP contribution in [0.3, 0.4) is 0 Å². The molecule has 2 aromatic carbocycles. The van der Waals surface area contributed by atoms with Crippen molar-refractivity contribution in [1.29, 1.82) is 0 Å². The number of rotatable bonds is 5. The molecule has 3 amide bonds. The predicted octanol–water partition coefficient (Wildman–Crippen LogP) is 4.12. The van der Waals surface area contributed by atoms with Crippen LogP contribution < -0.4 is 16.2 Å². The number of thioether (sulfide) groups is 1. The number of urea groups is 1. The van der Waals surface area contributed by atoms with Crippen LogP contribution in [0, 0.1) is 12.7 Å². The van der Waals surface area contributed by atoms with E-state index in [9.17, 15) is 14.0 Å². The average Bonchev–Trinajstić information content (AvgIpc) is 2.58. The molecule has 0 saturated carbocycles. The molecule has 0 saturated heterocycles. The van der Waals surface area contributed by atoms with Crippen molar-refractivity contribution in [3.63, 3.8) is 0 Å². The molecular weight excluding hydrogens is 365 g/mol. The first-order chi connectivity index (χ1) is 11.9. The molecule has 0 heterocycles. The molecule has 0 atom stereocenters. The van der Waals surface area contributed by atoms with Gasteiger partial charge in [-0.25, -0.2) is 14.6 Å². The summed E-state index contributed by atoms with van der Waals surface area (Å²) < 4.78 is 12.8. The van der Waals surface area contributed by atoms with Gasteiger partial charge in [-0.05, 0) is 48.9 Å². The van der Waals surface area contributed by atoms with Crippen LogP contribution in [0.25, 0.3) is 0 Å². The summed E-state index contributed by atoms with van der Waals surface area (Å²) >= 11 is 7.40. The highest BCUT2D eigenvalue weighted by atomic mass is 35.5. The molecule has 0 fully saturated rings. The van der Waals surface area contributed by atoms with Crippen LogP contribution in [0.15, 0.2) is 47.4 Å². The number of carbonyl (C=O) groups is 2. The van der Waals surface area contributed by atoms with Crippen molar-refractivity contribution < 1.29 is 14.0 Å². The van der Waals surface area contributed by atoms with Crippen molar-refractivity contribution in [2.45, 2.75) is 18.2 Å². The lowest BCUT2D eigenvalue weighted by Crippen LogP contribution is -2.44. The third-order valence-electron chi connectivity index (χ3n) is 3.16. The SMILES string of the molecule is Cc1ccc(NC(=O)NNC(=O)CCSc2ccc(F)cc2)cc1Cl. The van der Waals surface area contributed by atoms with E-state index < -0.39 is 6.03 Å². The lowest BCUT2D eigenvalue weighted by Gasteiger charge is -2.10. The summed E-state index contributed by atoms with van der Waals surface area (Å²) in [6, 6.07) is 10.6. The van der Waals surface area contributed by atoms with Crippen LogP contribution in [-0.4, -0.2) is 17.7 Å². The van der Waals surface area contributed by atoms with Gasteiger partial charge in [-0.1, -0.05) is 17.7 Å². The van der Waals surface area contributed by atoms with E-state index in [0.29, 0.717) is 16.5 Å². The Morgan fingerprint density at radius 2 is 1.84 bits per heavy atom. The monoisotopic (exact) mass is 381 g/mol. The van der Waals surface area contributed by atoms with Gasteiger partial charge in [0, 0.05) is 27.8 Å². The summed E-state index contributed by atoms with van der Waals surface area (Å²) in [7, 11) is 0. The Morgan fingerprint density at radius 3 is 2.52 bits per heavy atom. The van der Waals surface area contributed by atoms with Crippen molar-refractivity contribution in [3.05, 3.63) is 58.9 Å². The van der Waals surface area contributed by atoms with Gasteiger partial charge in [0.05, 0.1) is 0 Å². The molecule has 0 unspecified atom stereocenters. The number of carbonyl (C=O) groups excluding carboxylic acids is 2. The van der Waals surface area contributed by atoms with E-state index in [4.69, 9.17) is 11.6 Å². The van der Waals surface area contributed by atoms with E-state index in [1.165, 1.54) is 23.9 Å². The molecule has 0 aromatic heterocycles. The van der Waals surface area contributed by atoms with Gasteiger partial charge >= 0.3 is 6.03 Å². The number of hydrogen-bond donors (Lipinski definition) is 3. The van der Waals surface area contributed by atoms with Gasteiger partial charge in [-0.15, -0.1) is 11.8 Å². The normalized spacial score (nSPS) is 10.2. The molecule has 0 aliphatic rings. The fourth-order valence-electron chi connectivity index (χ4n) is 1.81. The fourth-order valence-corrected chi connectivity index (χ4v) is 2.85. The van der Waals surface area contributed by atoms with Crippen LogP contribution in [0.4, 0.5) is 14.9 Å². The largest absolute Gasteiger partial charge is 0.337 e. The molecule has 0 aliphatic heterocycles. The minimum Gasteiger partial charge on any atom is -0.307 e. The minimum atomic E-state index is -0.570. The Labute approximate surface area is 154 Å². The van der Waals surface area contributed by atoms with Gasteiger partial charge in [0.2, 0.25) is 5.91 Å². The molecule has 0 bridgehead atoms. The van der Waals surface area contributed by atoms with E-state index in [-0.39, 0.29) is 18.1 Å². The standard InChI is InChI=1S/C17H17ClFN3O2S/c1-11-2-5-13(10-15(11)18)20-17(24)22-21-16(23)8-9-25-14-6-3-12(19)4-7-14/h2-7,10H,8-9H2,1H3,(H,21,23)(H2,20,22,24). The lowest BCUT2D eigenvalue weighted by atomic mass is 10.2. The van der Waals surface area contributed by atoms with Crippen LogP contribution in [-0.2, 0) is 4.79 Å². The van der Waals surface area contributed by atoms with E-state index in [0.717, 1.165) is 10.5 Å². The van der Waals surface area contributed by atoms with Gasteiger partial charge in [0.25, 0.3) is 0 Å². The molecule has 8 heteroatoms. The zero-order valence-electron chi connectivity index (χ0n) is 13.4. The number of benzene rings is 2. The lowest BCUT2D eigenvalue weighted by molar-refractivity contribution is -0.121. The summed E-state index contributed by atoms with van der Waals surface area (Å²) in [6.45, 7) is 1.86. The number of amides is 3. The van der Waals surface area contributed by atoms with E-state index in [1.54, 1.807) is 30.3 Å². The number of halogens is 2. The molecular formula is C17H17ClFN3O2S.